The Morgan fingerprint density at radius 3 is 2.44 bits per heavy atom. The van der Waals surface area contributed by atoms with E-state index >= 15 is 0 Å². The molecule has 0 atom stereocenters. The number of amides is 1. The lowest BCUT2D eigenvalue weighted by Crippen LogP contribution is -2.22. The van der Waals surface area contributed by atoms with E-state index < -0.39 is 5.97 Å². The third-order valence-electron chi connectivity index (χ3n) is 5.09. The molecular formula is C26H20Cl2N2O4. The first kappa shape index (κ1) is 23.5. The lowest BCUT2D eigenvalue weighted by Gasteiger charge is -2.12. The summed E-state index contributed by atoms with van der Waals surface area (Å²) in [6.45, 7) is 3.89. The van der Waals surface area contributed by atoms with E-state index in [0.717, 1.165) is 5.56 Å². The summed E-state index contributed by atoms with van der Waals surface area (Å²) < 4.78 is 5.89. The Labute approximate surface area is 206 Å². The van der Waals surface area contributed by atoms with Crippen LogP contribution in [0.5, 0.6) is 11.5 Å². The number of carboxylic acid groups (broad SMARTS) is 1. The average molecular weight is 495 g/mol. The Bertz CT molecular complexity index is 1350. The number of hydrogen-bond acceptors (Lipinski definition) is 4. The molecule has 3 aromatic rings. The quantitative estimate of drug-likeness (QED) is 0.376. The molecule has 0 bridgehead atoms. The highest BCUT2D eigenvalue weighted by Gasteiger charge is 2.32. The molecule has 0 aromatic heterocycles. The van der Waals surface area contributed by atoms with Crippen LogP contribution in [0.1, 0.15) is 29.8 Å². The van der Waals surface area contributed by atoms with Gasteiger partial charge in [-0.05, 0) is 60.0 Å². The van der Waals surface area contributed by atoms with Gasteiger partial charge in [0.05, 0.1) is 32.6 Å². The molecule has 0 aliphatic carbocycles. The van der Waals surface area contributed by atoms with Crippen LogP contribution in [0.25, 0.3) is 6.08 Å². The van der Waals surface area contributed by atoms with Gasteiger partial charge < -0.3 is 9.84 Å². The maximum atomic E-state index is 13.3. The van der Waals surface area contributed by atoms with Crippen LogP contribution in [0.2, 0.25) is 10.0 Å². The van der Waals surface area contributed by atoms with Crippen LogP contribution in [-0.4, -0.2) is 22.7 Å². The fraction of sp³-hybridized carbons (Fsp3) is 0.115. The van der Waals surface area contributed by atoms with Crippen LogP contribution in [-0.2, 0) is 4.79 Å². The van der Waals surface area contributed by atoms with Crippen LogP contribution in [0.3, 0.4) is 0 Å². The fourth-order valence-electron chi connectivity index (χ4n) is 3.45. The van der Waals surface area contributed by atoms with E-state index in [0.29, 0.717) is 38.5 Å². The van der Waals surface area contributed by atoms with Crippen molar-refractivity contribution in [1.82, 2.24) is 0 Å². The van der Waals surface area contributed by atoms with Crippen LogP contribution in [0, 0.1) is 5.92 Å². The number of hydrazone groups is 1. The minimum atomic E-state index is -1.07. The molecule has 0 spiro atoms. The van der Waals surface area contributed by atoms with Gasteiger partial charge in [0.25, 0.3) is 5.91 Å². The maximum Gasteiger partial charge on any atom is 0.335 e. The van der Waals surface area contributed by atoms with E-state index in [1.54, 1.807) is 48.5 Å². The van der Waals surface area contributed by atoms with Gasteiger partial charge in [0.2, 0.25) is 0 Å². The topological polar surface area (TPSA) is 79.2 Å². The zero-order chi connectivity index (χ0) is 24.4. The standard InChI is InChI=1S/C26H20Cl2N2O4/c1-15(2)24-21(25(31)30(29-24)18-7-4-6-17(13-18)26(32)33)12-16-5-3-8-19(11-16)34-20-9-10-22(27)23(28)14-20/h3-15H,1-2H3,(H,32,33)/b21-12-. The van der Waals surface area contributed by atoms with E-state index in [4.69, 9.17) is 27.9 Å². The largest absolute Gasteiger partial charge is 0.478 e. The van der Waals surface area contributed by atoms with Crippen molar-refractivity contribution >= 4 is 52.6 Å². The van der Waals surface area contributed by atoms with E-state index in [9.17, 15) is 14.7 Å². The molecule has 4 rings (SSSR count). The summed E-state index contributed by atoms with van der Waals surface area (Å²) in [4.78, 5) is 24.6. The van der Waals surface area contributed by atoms with Gasteiger partial charge in [-0.25, -0.2) is 4.79 Å². The van der Waals surface area contributed by atoms with E-state index in [1.807, 2.05) is 26.0 Å². The Morgan fingerprint density at radius 1 is 1.00 bits per heavy atom. The smallest absolute Gasteiger partial charge is 0.335 e. The van der Waals surface area contributed by atoms with Gasteiger partial charge in [0, 0.05) is 6.07 Å². The predicted octanol–water partition coefficient (Wildman–Crippen LogP) is 6.93. The second-order valence-corrected chi connectivity index (χ2v) is 8.74. The number of nitrogens with zero attached hydrogens (tertiary/aromatic N) is 2. The van der Waals surface area contributed by atoms with Gasteiger partial charge in [-0.2, -0.15) is 10.1 Å². The van der Waals surface area contributed by atoms with E-state index in [1.165, 1.54) is 17.1 Å². The number of benzene rings is 3. The highest BCUT2D eigenvalue weighted by Crippen LogP contribution is 2.31. The Hall–Kier alpha value is -3.61. The number of anilines is 1. The minimum Gasteiger partial charge on any atom is -0.478 e. The Kier molecular flexibility index (Phi) is 6.72. The Balaban J connectivity index is 1.65. The summed E-state index contributed by atoms with van der Waals surface area (Å²) in [5.41, 5.74) is 2.26. The van der Waals surface area contributed by atoms with Crippen molar-refractivity contribution < 1.29 is 19.4 Å². The second kappa shape index (κ2) is 9.71. The van der Waals surface area contributed by atoms with Gasteiger partial charge in [-0.15, -0.1) is 0 Å². The van der Waals surface area contributed by atoms with E-state index in [-0.39, 0.29) is 17.4 Å². The van der Waals surface area contributed by atoms with Crippen molar-refractivity contribution in [3.8, 4) is 11.5 Å². The third-order valence-corrected chi connectivity index (χ3v) is 5.83. The van der Waals surface area contributed by atoms with Crippen LogP contribution < -0.4 is 9.75 Å². The molecule has 1 N–H and O–H groups in total. The first-order valence-corrected chi connectivity index (χ1v) is 11.2. The molecule has 1 heterocycles. The van der Waals surface area contributed by atoms with Gasteiger partial charge >= 0.3 is 5.97 Å². The number of carboxylic acids is 1. The van der Waals surface area contributed by atoms with Crippen molar-refractivity contribution in [2.24, 2.45) is 11.0 Å². The van der Waals surface area contributed by atoms with Gasteiger partial charge in [-0.3, -0.25) is 4.79 Å². The van der Waals surface area contributed by atoms with Crippen molar-refractivity contribution in [2.45, 2.75) is 13.8 Å². The van der Waals surface area contributed by atoms with E-state index in [2.05, 4.69) is 5.10 Å². The summed E-state index contributed by atoms with van der Waals surface area (Å²) in [7, 11) is 0. The molecule has 6 nitrogen and oxygen atoms in total. The van der Waals surface area contributed by atoms with Crippen LogP contribution in [0.15, 0.2) is 77.4 Å². The number of carbonyl (C=O) groups excluding carboxylic acids is 1. The third kappa shape index (κ3) is 4.98. The second-order valence-electron chi connectivity index (χ2n) is 7.92. The highest BCUT2D eigenvalue weighted by molar-refractivity contribution is 6.42. The monoisotopic (exact) mass is 494 g/mol. The number of halogens is 2. The zero-order valence-electron chi connectivity index (χ0n) is 18.3. The van der Waals surface area contributed by atoms with Crippen molar-refractivity contribution in [1.29, 1.82) is 0 Å². The van der Waals surface area contributed by atoms with Crippen molar-refractivity contribution in [3.63, 3.8) is 0 Å². The summed E-state index contributed by atoms with van der Waals surface area (Å²) in [6.07, 6.45) is 1.75. The maximum absolute atomic E-state index is 13.3. The molecule has 0 unspecified atom stereocenters. The molecule has 1 aliphatic heterocycles. The molecule has 0 fully saturated rings. The van der Waals surface area contributed by atoms with Gasteiger partial charge in [0.15, 0.2) is 0 Å². The molecule has 3 aromatic carbocycles. The molecule has 0 saturated carbocycles. The highest BCUT2D eigenvalue weighted by atomic mass is 35.5. The summed E-state index contributed by atoms with van der Waals surface area (Å²) >= 11 is 12.0. The SMILES string of the molecule is CC(C)C1=NN(c2cccc(C(=O)O)c2)C(=O)/C1=C\c1cccc(Oc2ccc(Cl)c(Cl)c2)c1. The zero-order valence-corrected chi connectivity index (χ0v) is 19.8. The minimum absolute atomic E-state index is 0.0292. The van der Waals surface area contributed by atoms with Gasteiger partial charge in [0.1, 0.15) is 11.5 Å². The van der Waals surface area contributed by atoms with Crippen molar-refractivity contribution in [2.75, 3.05) is 5.01 Å². The van der Waals surface area contributed by atoms with Crippen LogP contribution in [0.4, 0.5) is 5.69 Å². The summed E-state index contributed by atoms with van der Waals surface area (Å²) in [5.74, 6) is -0.339. The number of aromatic carboxylic acids is 1. The van der Waals surface area contributed by atoms with Crippen molar-refractivity contribution in [3.05, 3.63) is 93.5 Å². The predicted molar refractivity (Wildman–Crippen MR) is 134 cm³/mol. The lowest BCUT2D eigenvalue weighted by molar-refractivity contribution is -0.114. The molecule has 34 heavy (non-hydrogen) atoms. The average Bonchev–Trinajstić information content (AvgIpc) is 3.13. The van der Waals surface area contributed by atoms with Gasteiger partial charge in [-0.1, -0.05) is 55.2 Å². The summed E-state index contributed by atoms with van der Waals surface area (Å²) in [6, 6.07) is 18.4. The molecule has 1 amide bonds. The molecule has 0 saturated heterocycles. The Morgan fingerprint density at radius 2 is 1.74 bits per heavy atom. The molecule has 172 valence electrons. The number of carbonyl (C=O) groups is 2. The molecule has 8 heteroatoms. The summed E-state index contributed by atoms with van der Waals surface area (Å²) in [5, 5.41) is 15.9. The normalized spacial score (nSPS) is 14.6. The fourth-order valence-corrected chi connectivity index (χ4v) is 3.74. The number of ether oxygens (including phenoxy) is 1. The molecule has 1 aliphatic rings. The number of rotatable bonds is 6. The number of hydrogen-bond donors (Lipinski definition) is 1. The van der Waals surface area contributed by atoms with Crippen LogP contribution >= 0.6 is 23.2 Å². The lowest BCUT2D eigenvalue weighted by atomic mass is 9.98. The molecular weight excluding hydrogens is 475 g/mol. The first-order valence-electron chi connectivity index (χ1n) is 10.4. The molecule has 0 radical (unpaired) electrons. The first-order chi connectivity index (χ1) is 16.2.